The van der Waals surface area contributed by atoms with Gasteiger partial charge >= 0.3 is 11.7 Å². The Balaban J connectivity index is 2.84. The van der Waals surface area contributed by atoms with Crippen LogP contribution in [0.4, 0.5) is 5.69 Å². The highest BCUT2D eigenvalue weighted by molar-refractivity contribution is 9.10. The molecule has 0 saturated heterocycles. The molecule has 0 spiro atoms. The summed E-state index contributed by atoms with van der Waals surface area (Å²) in [5.41, 5.74) is 4.96. The zero-order chi connectivity index (χ0) is 13.0. The number of halogens is 1. The fourth-order valence-corrected chi connectivity index (χ4v) is 1.36. The highest BCUT2D eigenvalue weighted by atomic mass is 79.9. The summed E-state index contributed by atoms with van der Waals surface area (Å²) in [4.78, 5) is 20.5. The molecule has 8 heteroatoms. The van der Waals surface area contributed by atoms with E-state index in [9.17, 15) is 14.9 Å². The average Bonchev–Trinajstić information content (AvgIpc) is 2.26. The van der Waals surface area contributed by atoms with Crippen LogP contribution in [0.3, 0.4) is 0 Å². The molecule has 1 aromatic carbocycles. The Hall–Kier alpha value is -1.67. The first-order valence-electron chi connectivity index (χ1n) is 4.47. The second-order valence-electron chi connectivity index (χ2n) is 3.12. The third-order valence-corrected chi connectivity index (χ3v) is 2.35. The third kappa shape index (κ3) is 3.68. The molecular formula is C9H9BrN2O5. The van der Waals surface area contributed by atoms with Gasteiger partial charge in [0.15, 0.2) is 5.75 Å². The van der Waals surface area contributed by atoms with Gasteiger partial charge in [-0.2, -0.15) is 0 Å². The molecule has 0 bridgehead atoms. The maximum Gasteiger partial charge on any atom is 0.324 e. The molecule has 1 rings (SSSR count). The van der Waals surface area contributed by atoms with Crippen LogP contribution in [-0.2, 0) is 4.79 Å². The van der Waals surface area contributed by atoms with Crippen molar-refractivity contribution in [1.29, 1.82) is 0 Å². The van der Waals surface area contributed by atoms with Gasteiger partial charge in [-0.3, -0.25) is 14.9 Å². The van der Waals surface area contributed by atoms with Crippen molar-refractivity contribution < 1.29 is 19.6 Å². The normalized spacial score (nSPS) is 11.9. The Bertz CT molecular complexity index is 451. The van der Waals surface area contributed by atoms with Gasteiger partial charge in [-0.1, -0.05) is 15.9 Å². The molecule has 0 saturated carbocycles. The number of hydrogen-bond acceptors (Lipinski definition) is 5. The number of carboxylic acids is 1. The number of hydrogen-bond donors (Lipinski definition) is 2. The van der Waals surface area contributed by atoms with Crippen LogP contribution in [0.2, 0.25) is 0 Å². The quantitative estimate of drug-likeness (QED) is 0.622. The number of nitro groups is 1. The number of ether oxygens (including phenoxy) is 1. The summed E-state index contributed by atoms with van der Waals surface area (Å²) in [6.07, 6.45) is 0. The Morgan fingerprint density at radius 2 is 2.29 bits per heavy atom. The summed E-state index contributed by atoms with van der Waals surface area (Å²) in [6, 6.07) is 2.96. The van der Waals surface area contributed by atoms with E-state index in [-0.39, 0.29) is 18.0 Å². The minimum atomic E-state index is -1.23. The summed E-state index contributed by atoms with van der Waals surface area (Å²) in [5, 5.41) is 19.2. The molecule has 3 N–H and O–H groups in total. The van der Waals surface area contributed by atoms with Crippen LogP contribution in [0.15, 0.2) is 22.7 Å². The predicted octanol–water partition coefficient (Wildman–Crippen LogP) is 1.15. The van der Waals surface area contributed by atoms with E-state index in [2.05, 4.69) is 15.9 Å². The van der Waals surface area contributed by atoms with E-state index in [0.29, 0.717) is 4.47 Å². The highest BCUT2D eigenvalue weighted by Gasteiger charge is 2.18. The molecule has 0 fully saturated rings. The SMILES string of the molecule is NC(COc1ccc(Br)cc1[N+](=O)[O-])C(=O)O. The van der Waals surface area contributed by atoms with Gasteiger partial charge in [0.2, 0.25) is 0 Å². The molecule has 1 aromatic rings. The lowest BCUT2D eigenvalue weighted by molar-refractivity contribution is -0.385. The van der Waals surface area contributed by atoms with Crippen LogP contribution in [0.25, 0.3) is 0 Å². The van der Waals surface area contributed by atoms with Gasteiger partial charge in [-0.05, 0) is 12.1 Å². The van der Waals surface area contributed by atoms with E-state index in [1.165, 1.54) is 12.1 Å². The first-order chi connectivity index (χ1) is 7.91. The number of nitro benzene ring substituents is 1. The number of nitrogens with two attached hydrogens (primary N) is 1. The van der Waals surface area contributed by atoms with Gasteiger partial charge in [0.1, 0.15) is 12.6 Å². The second-order valence-corrected chi connectivity index (χ2v) is 4.04. The number of benzene rings is 1. The maximum atomic E-state index is 10.7. The molecule has 1 atom stereocenters. The van der Waals surface area contributed by atoms with Crippen LogP contribution in [0.1, 0.15) is 0 Å². The van der Waals surface area contributed by atoms with E-state index in [1.54, 1.807) is 6.07 Å². The zero-order valence-electron chi connectivity index (χ0n) is 8.50. The third-order valence-electron chi connectivity index (χ3n) is 1.85. The van der Waals surface area contributed by atoms with Crippen LogP contribution in [0.5, 0.6) is 5.75 Å². The standard InChI is InChI=1S/C9H9BrN2O5/c10-5-1-2-8(7(3-5)12(15)16)17-4-6(11)9(13)14/h1-3,6H,4,11H2,(H,13,14). The van der Waals surface area contributed by atoms with Crippen molar-refractivity contribution in [2.45, 2.75) is 6.04 Å². The summed E-state index contributed by atoms with van der Waals surface area (Å²) in [7, 11) is 0. The van der Waals surface area contributed by atoms with Gasteiger partial charge < -0.3 is 15.6 Å². The first-order valence-corrected chi connectivity index (χ1v) is 5.26. The summed E-state index contributed by atoms with van der Waals surface area (Å²) in [6.45, 7) is -0.336. The molecule has 1 unspecified atom stereocenters. The Kier molecular flexibility index (Phi) is 4.41. The fraction of sp³-hybridized carbons (Fsp3) is 0.222. The van der Waals surface area contributed by atoms with Crippen molar-refractivity contribution in [1.82, 2.24) is 0 Å². The van der Waals surface area contributed by atoms with E-state index in [1.807, 2.05) is 0 Å². The number of nitrogens with zero attached hydrogens (tertiary/aromatic N) is 1. The van der Waals surface area contributed by atoms with E-state index >= 15 is 0 Å². The molecule has 0 radical (unpaired) electrons. The van der Waals surface area contributed by atoms with Gasteiger partial charge in [0.05, 0.1) is 4.92 Å². The highest BCUT2D eigenvalue weighted by Crippen LogP contribution is 2.29. The van der Waals surface area contributed by atoms with E-state index in [0.717, 1.165) is 0 Å². The molecule has 0 aliphatic heterocycles. The molecule has 0 heterocycles. The van der Waals surface area contributed by atoms with Gasteiger partial charge in [-0.25, -0.2) is 0 Å². The molecular weight excluding hydrogens is 296 g/mol. The van der Waals surface area contributed by atoms with Crippen molar-refractivity contribution in [2.75, 3.05) is 6.61 Å². The van der Waals surface area contributed by atoms with Crippen LogP contribution in [0, 0.1) is 10.1 Å². The predicted molar refractivity (Wildman–Crippen MR) is 61.9 cm³/mol. The molecule has 92 valence electrons. The lowest BCUT2D eigenvalue weighted by atomic mass is 10.3. The van der Waals surface area contributed by atoms with Gasteiger partial charge in [0.25, 0.3) is 0 Å². The van der Waals surface area contributed by atoms with Crippen molar-refractivity contribution in [3.8, 4) is 5.75 Å². The number of aliphatic carboxylic acids is 1. The van der Waals surface area contributed by atoms with E-state index < -0.39 is 16.9 Å². The van der Waals surface area contributed by atoms with Crippen molar-refractivity contribution in [2.24, 2.45) is 5.73 Å². The second kappa shape index (κ2) is 5.60. The molecule has 0 aromatic heterocycles. The van der Waals surface area contributed by atoms with Crippen LogP contribution >= 0.6 is 15.9 Å². The van der Waals surface area contributed by atoms with Crippen molar-refractivity contribution >= 4 is 27.6 Å². The molecule has 0 aliphatic carbocycles. The monoisotopic (exact) mass is 304 g/mol. The topological polar surface area (TPSA) is 116 Å². The van der Waals surface area contributed by atoms with Crippen LogP contribution in [-0.4, -0.2) is 28.6 Å². The Labute approximate surface area is 104 Å². The summed E-state index contributed by atoms with van der Waals surface area (Å²) >= 11 is 3.09. The summed E-state index contributed by atoms with van der Waals surface area (Å²) in [5.74, 6) is -1.25. The largest absolute Gasteiger partial charge is 0.485 e. The molecule has 0 amide bonds. The van der Waals surface area contributed by atoms with E-state index in [4.69, 9.17) is 15.6 Å². The van der Waals surface area contributed by atoms with Gasteiger partial charge in [0, 0.05) is 10.5 Å². The van der Waals surface area contributed by atoms with Crippen molar-refractivity contribution in [3.63, 3.8) is 0 Å². The number of rotatable bonds is 5. The maximum absolute atomic E-state index is 10.7. The van der Waals surface area contributed by atoms with Gasteiger partial charge in [-0.15, -0.1) is 0 Å². The zero-order valence-corrected chi connectivity index (χ0v) is 10.1. The minimum absolute atomic E-state index is 0.0186. The lowest BCUT2D eigenvalue weighted by Gasteiger charge is -2.09. The Morgan fingerprint density at radius 3 is 2.82 bits per heavy atom. The van der Waals surface area contributed by atoms with Crippen LogP contribution < -0.4 is 10.5 Å². The summed E-state index contributed by atoms with van der Waals surface area (Å²) < 4.78 is 5.54. The fourth-order valence-electron chi connectivity index (χ4n) is 1.01. The first kappa shape index (κ1) is 13.4. The molecule has 17 heavy (non-hydrogen) atoms. The lowest BCUT2D eigenvalue weighted by Crippen LogP contribution is -2.36. The number of carbonyl (C=O) groups is 1. The minimum Gasteiger partial charge on any atom is -0.485 e. The number of carboxylic acid groups (broad SMARTS) is 1. The molecule has 0 aliphatic rings. The molecule has 7 nitrogen and oxygen atoms in total. The smallest absolute Gasteiger partial charge is 0.324 e. The Morgan fingerprint density at radius 1 is 1.65 bits per heavy atom. The van der Waals surface area contributed by atoms with Crippen molar-refractivity contribution in [3.05, 3.63) is 32.8 Å². The average molecular weight is 305 g/mol.